The molecule has 1 atom stereocenters. The third-order valence-electron chi connectivity index (χ3n) is 4.19. The Morgan fingerprint density at radius 2 is 2.08 bits per heavy atom. The third-order valence-corrected chi connectivity index (χ3v) is 6.11. The fraction of sp³-hybridized carbons (Fsp3) is 0.353. The molecule has 0 unspecified atom stereocenters. The van der Waals surface area contributed by atoms with Gasteiger partial charge in [0, 0.05) is 6.54 Å². The summed E-state index contributed by atoms with van der Waals surface area (Å²) in [7, 11) is -2.22. The number of ether oxygens (including phenoxy) is 1. The molecular formula is C17H20N2O5S. The number of nitrogens with zero attached hydrogens (tertiary/aromatic N) is 1. The van der Waals surface area contributed by atoms with Crippen LogP contribution in [0, 0.1) is 0 Å². The van der Waals surface area contributed by atoms with Gasteiger partial charge in [0.25, 0.3) is 0 Å². The highest BCUT2D eigenvalue weighted by Gasteiger charge is 2.39. The van der Waals surface area contributed by atoms with Crippen LogP contribution < -0.4 is 10.1 Å². The van der Waals surface area contributed by atoms with Crippen LogP contribution in [0.5, 0.6) is 5.75 Å². The van der Waals surface area contributed by atoms with E-state index in [1.807, 2.05) is 0 Å². The predicted molar refractivity (Wildman–Crippen MR) is 90.5 cm³/mol. The van der Waals surface area contributed by atoms with Crippen LogP contribution in [0.4, 0.5) is 0 Å². The number of rotatable bonds is 6. The molecule has 25 heavy (non-hydrogen) atoms. The zero-order valence-electron chi connectivity index (χ0n) is 13.8. The minimum atomic E-state index is -3.74. The summed E-state index contributed by atoms with van der Waals surface area (Å²) in [6.07, 6.45) is 2.67. The minimum absolute atomic E-state index is 0.152. The van der Waals surface area contributed by atoms with Crippen molar-refractivity contribution in [2.45, 2.75) is 30.3 Å². The summed E-state index contributed by atoms with van der Waals surface area (Å²) in [6, 6.07) is 8.94. The molecule has 3 rings (SSSR count). The lowest BCUT2D eigenvalue weighted by atomic mass is 10.2. The summed E-state index contributed by atoms with van der Waals surface area (Å²) < 4.78 is 37.2. The van der Waals surface area contributed by atoms with Crippen LogP contribution in [0.1, 0.15) is 18.6 Å². The maximum Gasteiger partial charge on any atom is 0.243 e. The molecule has 2 heterocycles. The van der Waals surface area contributed by atoms with Gasteiger partial charge in [0.1, 0.15) is 17.6 Å². The molecule has 2 aromatic rings. The Hall–Kier alpha value is -2.32. The highest BCUT2D eigenvalue weighted by molar-refractivity contribution is 7.89. The van der Waals surface area contributed by atoms with Crippen molar-refractivity contribution in [3.8, 4) is 5.75 Å². The zero-order valence-corrected chi connectivity index (χ0v) is 14.7. The van der Waals surface area contributed by atoms with Crippen molar-refractivity contribution in [1.82, 2.24) is 9.62 Å². The molecule has 1 aromatic heterocycles. The van der Waals surface area contributed by atoms with Crippen LogP contribution in [-0.2, 0) is 21.4 Å². The Bertz CT molecular complexity index is 815. The molecule has 1 aliphatic rings. The molecule has 1 amide bonds. The maximum atomic E-state index is 12.9. The van der Waals surface area contributed by atoms with Crippen molar-refractivity contribution < 1.29 is 22.4 Å². The molecule has 0 aliphatic carbocycles. The Morgan fingerprint density at radius 3 is 2.72 bits per heavy atom. The lowest BCUT2D eigenvalue weighted by Gasteiger charge is -2.23. The minimum Gasteiger partial charge on any atom is -0.497 e. The van der Waals surface area contributed by atoms with E-state index in [1.165, 1.54) is 29.8 Å². The molecule has 0 spiro atoms. The van der Waals surface area contributed by atoms with E-state index in [0.717, 1.165) is 0 Å². The molecule has 1 saturated heterocycles. The largest absolute Gasteiger partial charge is 0.497 e. The number of hydrogen-bond donors (Lipinski definition) is 1. The van der Waals surface area contributed by atoms with Crippen molar-refractivity contribution >= 4 is 15.9 Å². The second kappa shape index (κ2) is 7.28. The Kier molecular flexibility index (Phi) is 5.10. The lowest BCUT2D eigenvalue weighted by Crippen LogP contribution is -2.45. The van der Waals surface area contributed by atoms with Gasteiger partial charge < -0.3 is 14.5 Å². The summed E-state index contributed by atoms with van der Waals surface area (Å²) in [5.74, 6) is 0.884. The first-order chi connectivity index (χ1) is 12.0. The second-order valence-electron chi connectivity index (χ2n) is 5.75. The molecule has 1 aliphatic heterocycles. The Balaban J connectivity index is 1.73. The van der Waals surface area contributed by atoms with Crippen LogP contribution in [0.25, 0.3) is 0 Å². The van der Waals surface area contributed by atoms with Gasteiger partial charge in [-0.1, -0.05) is 0 Å². The summed E-state index contributed by atoms with van der Waals surface area (Å²) in [5, 5.41) is 2.74. The van der Waals surface area contributed by atoms with Gasteiger partial charge in [0.15, 0.2) is 0 Å². The van der Waals surface area contributed by atoms with Gasteiger partial charge in [-0.2, -0.15) is 4.31 Å². The van der Waals surface area contributed by atoms with Crippen LogP contribution in [-0.4, -0.2) is 38.3 Å². The molecule has 0 bridgehead atoms. The van der Waals surface area contributed by atoms with E-state index in [2.05, 4.69) is 5.32 Å². The summed E-state index contributed by atoms with van der Waals surface area (Å²) >= 11 is 0. The molecule has 134 valence electrons. The first-order valence-electron chi connectivity index (χ1n) is 7.98. The number of furan rings is 1. The number of carbonyl (C=O) groups excluding carboxylic acids is 1. The van der Waals surface area contributed by atoms with Gasteiger partial charge in [0.05, 0.1) is 24.8 Å². The van der Waals surface area contributed by atoms with E-state index >= 15 is 0 Å². The van der Waals surface area contributed by atoms with E-state index in [9.17, 15) is 13.2 Å². The number of nitrogens with one attached hydrogen (secondary N) is 1. The van der Waals surface area contributed by atoms with E-state index in [1.54, 1.807) is 24.3 Å². The average molecular weight is 364 g/mol. The van der Waals surface area contributed by atoms with Crippen LogP contribution in [0.15, 0.2) is 52.0 Å². The fourth-order valence-corrected chi connectivity index (χ4v) is 4.53. The van der Waals surface area contributed by atoms with Crippen molar-refractivity contribution in [3.63, 3.8) is 0 Å². The normalized spacial score (nSPS) is 18.2. The van der Waals surface area contributed by atoms with Crippen LogP contribution in [0.3, 0.4) is 0 Å². The number of benzene rings is 1. The van der Waals surface area contributed by atoms with E-state index in [0.29, 0.717) is 30.9 Å². The fourth-order valence-electron chi connectivity index (χ4n) is 2.88. The third kappa shape index (κ3) is 3.69. The molecule has 0 saturated carbocycles. The van der Waals surface area contributed by atoms with Gasteiger partial charge in [0.2, 0.25) is 15.9 Å². The number of sulfonamides is 1. The molecule has 1 aromatic carbocycles. The highest BCUT2D eigenvalue weighted by Crippen LogP contribution is 2.27. The van der Waals surface area contributed by atoms with Gasteiger partial charge in [-0.05, 0) is 49.2 Å². The predicted octanol–water partition coefficient (Wildman–Crippen LogP) is 1.76. The van der Waals surface area contributed by atoms with Crippen LogP contribution >= 0.6 is 0 Å². The first-order valence-corrected chi connectivity index (χ1v) is 9.42. The van der Waals surface area contributed by atoms with Crippen molar-refractivity contribution in [1.29, 1.82) is 0 Å². The van der Waals surface area contributed by atoms with Gasteiger partial charge in [-0.15, -0.1) is 0 Å². The van der Waals surface area contributed by atoms with E-state index in [4.69, 9.17) is 9.15 Å². The smallest absolute Gasteiger partial charge is 0.243 e. The SMILES string of the molecule is COc1ccc(S(=O)(=O)N2CCC[C@H]2C(=O)NCc2ccco2)cc1. The number of carbonyl (C=O) groups is 1. The molecule has 0 radical (unpaired) electrons. The van der Waals surface area contributed by atoms with Crippen molar-refractivity contribution in [3.05, 3.63) is 48.4 Å². The average Bonchev–Trinajstić information content (AvgIpc) is 3.31. The molecule has 1 N–H and O–H groups in total. The second-order valence-corrected chi connectivity index (χ2v) is 7.64. The number of amides is 1. The van der Waals surface area contributed by atoms with E-state index in [-0.39, 0.29) is 17.3 Å². The van der Waals surface area contributed by atoms with Crippen molar-refractivity contribution in [2.75, 3.05) is 13.7 Å². The molecule has 8 heteroatoms. The maximum absolute atomic E-state index is 12.9. The van der Waals surface area contributed by atoms with Gasteiger partial charge in [-0.3, -0.25) is 4.79 Å². The Morgan fingerprint density at radius 1 is 1.32 bits per heavy atom. The molecular weight excluding hydrogens is 344 g/mol. The zero-order chi connectivity index (χ0) is 17.9. The summed E-state index contributed by atoms with van der Waals surface area (Å²) in [4.78, 5) is 12.6. The summed E-state index contributed by atoms with van der Waals surface area (Å²) in [5.41, 5.74) is 0. The standard InChI is InChI=1S/C17H20N2O5S/c1-23-13-6-8-15(9-7-13)25(21,22)19-10-2-5-16(19)17(20)18-12-14-4-3-11-24-14/h3-4,6-9,11,16H,2,5,10,12H2,1H3,(H,18,20)/t16-/m0/s1. The highest BCUT2D eigenvalue weighted by atomic mass is 32.2. The molecule has 1 fully saturated rings. The van der Waals surface area contributed by atoms with Gasteiger partial charge >= 0.3 is 0 Å². The monoisotopic (exact) mass is 364 g/mol. The first kappa shape index (κ1) is 17.5. The number of methoxy groups -OCH3 is 1. The lowest BCUT2D eigenvalue weighted by molar-refractivity contribution is -0.124. The quantitative estimate of drug-likeness (QED) is 0.844. The number of hydrogen-bond acceptors (Lipinski definition) is 5. The topological polar surface area (TPSA) is 88.9 Å². The summed E-state index contributed by atoms with van der Waals surface area (Å²) in [6.45, 7) is 0.561. The van der Waals surface area contributed by atoms with Gasteiger partial charge in [-0.25, -0.2) is 8.42 Å². The van der Waals surface area contributed by atoms with E-state index < -0.39 is 16.1 Å². The molecule has 7 nitrogen and oxygen atoms in total. The van der Waals surface area contributed by atoms with Crippen LogP contribution in [0.2, 0.25) is 0 Å². The van der Waals surface area contributed by atoms with Crippen molar-refractivity contribution in [2.24, 2.45) is 0 Å². The Labute approximate surface area is 146 Å².